The van der Waals surface area contributed by atoms with E-state index in [1.165, 1.54) is 18.5 Å². The van der Waals surface area contributed by atoms with Crippen LogP contribution in [0.2, 0.25) is 0 Å². The van der Waals surface area contributed by atoms with Crippen molar-refractivity contribution < 1.29 is 5.11 Å². The highest BCUT2D eigenvalue weighted by molar-refractivity contribution is 5.35. The van der Waals surface area contributed by atoms with Crippen molar-refractivity contribution in [1.82, 2.24) is 10.2 Å². The molecule has 1 aliphatic heterocycles. The predicted octanol–water partition coefficient (Wildman–Crippen LogP) is 1.93. The average Bonchev–Trinajstić information content (AvgIpc) is 2.62. The van der Waals surface area contributed by atoms with Gasteiger partial charge in [0.15, 0.2) is 0 Å². The zero-order valence-corrected chi connectivity index (χ0v) is 11.3. The molecule has 0 spiro atoms. The minimum absolute atomic E-state index is 0.443. The van der Waals surface area contributed by atoms with Crippen LogP contribution in [0.4, 0.5) is 0 Å². The highest BCUT2D eigenvalue weighted by atomic mass is 16.3. The number of nitrogens with one attached hydrogen (secondary N) is 1. The minimum Gasteiger partial charge on any atom is -0.508 e. The van der Waals surface area contributed by atoms with Crippen molar-refractivity contribution in [3.05, 3.63) is 29.3 Å². The summed E-state index contributed by atoms with van der Waals surface area (Å²) in [5.74, 6) is 0.443. The SMILES string of the molecule is Cc1ccc(O)c(CCCN2CCCNCC2)c1. The molecule has 0 aromatic heterocycles. The van der Waals surface area contributed by atoms with Crippen molar-refractivity contribution in [2.45, 2.75) is 26.2 Å². The molecule has 3 heteroatoms. The Morgan fingerprint density at radius 2 is 2.17 bits per heavy atom. The van der Waals surface area contributed by atoms with Crippen LogP contribution in [0.1, 0.15) is 24.0 Å². The largest absolute Gasteiger partial charge is 0.508 e. The van der Waals surface area contributed by atoms with E-state index in [4.69, 9.17) is 0 Å². The average molecular weight is 248 g/mol. The second kappa shape index (κ2) is 6.76. The summed E-state index contributed by atoms with van der Waals surface area (Å²) >= 11 is 0. The molecule has 0 atom stereocenters. The van der Waals surface area contributed by atoms with E-state index >= 15 is 0 Å². The molecule has 0 unspecified atom stereocenters. The molecule has 1 aliphatic rings. The first-order chi connectivity index (χ1) is 8.75. The molecule has 0 bridgehead atoms. The predicted molar refractivity (Wildman–Crippen MR) is 75.1 cm³/mol. The third kappa shape index (κ3) is 4.00. The van der Waals surface area contributed by atoms with Crippen LogP contribution >= 0.6 is 0 Å². The van der Waals surface area contributed by atoms with E-state index in [-0.39, 0.29) is 0 Å². The summed E-state index contributed by atoms with van der Waals surface area (Å²) < 4.78 is 0. The maximum absolute atomic E-state index is 9.79. The van der Waals surface area contributed by atoms with Gasteiger partial charge < -0.3 is 15.3 Å². The Bertz CT molecular complexity index is 371. The second-order valence-electron chi connectivity index (χ2n) is 5.18. The molecule has 3 nitrogen and oxygen atoms in total. The van der Waals surface area contributed by atoms with Crippen molar-refractivity contribution in [3.8, 4) is 5.75 Å². The third-order valence-corrected chi connectivity index (χ3v) is 3.59. The monoisotopic (exact) mass is 248 g/mol. The smallest absolute Gasteiger partial charge is 0.118 e. The van der Waals surface area contributed by atoms with Crippen LogP contribution in [-0.4, -0.2) is 42.7 Å². The Morgan fingerprint density at radius 3 is 3.06 bits per heavy atom. The van der Waals surface area contributed by atoms with Gasteiger partial charge in [-0.2, -0.15) is 0 Å². The summed E-state index contributed by atoms with van der Waals surface area (Å²) in [6, 6.07) is 5.86. The molecule has 2 N–H and O–H groups in total. The van der Waals surface area contributed by atoms with E-state index in [0.29, 0.717) is 5.75 Å². The normalized spacial score (nSPS) is 17.6. The van der Waals surface area contributed by atoms with Gasteiger partial charge >= 0.3 is 0 Å². The Morgan fingerprint density at radius 1 is 1.28 bits per heavy atom. The second-order valence-corrected chi connectivity index (χ2v) is 5.18. The van der Waals surface area contributed by atoms with E-state index in [1.807, 2.05) is 6.07 Å². The standard InChI is InChI=1S/C15H24N2O/c1-13-5-6-15(18)14(12-13)4-2-9-17-10-3-7-16-8-11-17/h5-6,12,16,18H,2-4,7-11H2,1H3. The molecule has 1 aromatic rings. The molecule has 1 fully saturated rings. The molecular weight excluding hydrogens is 224 g/mol. The molecule has 1 heterocycles. The molecule has 0 radical (unpaired) electrons. The summed E-state index contributed by atoms with van der Waals surface area (Å²) in [7, 11) is 0. The van der Waals surface area contributed by atoms with Crippen molar-refractivity contribution in [2.75, 3.05) is 32.7 Å². The number of aromatic hydroxyl groups is 1. The van der Waals surface area contributed by atoms with Crippen LogP contribution in [0.5, 0.6) is 5.75 Å². The maximum Gasteiger partial charge on any atom is 0.118 e. The fourth-order valence-electron chi connectivity index (χ4n) is 2.53. The lowest BCUT2D eigenvalue weighted by Crippen LogP contribution is -2.29. The van der Waals surface area contributed by atoms with E-state index < -0.39 is 0 Å². The number of hydrogen-bond donors (Lipinski definition) is 2. The topological polar surface area (TPSA) is 35.5 Å². The molecule has 2 rings (SSSR count). The van der Waals surface area contributed by atoms with Crippen molar-refractivity contribution in [1.29, 1.82) is 0 Å². The zero-order valence-electron chi connectivity index (χ0n) is 11.3. The van der Waals surface area contributed by atoms with Gasteiger partial charge in [0.25, 0.3) is 0 Å². The number of phenolic OH excluding ortho intramolecular Hbond substituents is 1. The van der Waals surface area contributed by atoms with Crippen LogP contribution in [0, 0.1) is 6.92 Å². The fraction of sp³-hybridized carbons (Fsp3) is 0.600. The third-order valence-electron chi connectivity index (χ3n) is 3.59. The molecule has 1 saturated heterocycles. The summed E-state index contributed by atoms with van der Waals surface area (Å²) in [6.45, 7) is 7.82. The Hall–Kier alpha value is -1.06. The summed E-state index contributed by atoms with van der Waals surface area (Å²) in [6.07, 6.45) is 3.34. The van der Waals surface area contributed by atoms with Gasteiger partial charge in [-0.1, -0.05) is 17.7 Å². The lowest BCUT2D eigenvalue weighted by atomic mass is 10.1. The summed E-state index contributed by atoms with van der Waals surface area (Å²) in [4.78, 5) is 2.52. The molecule has 18 heavy (non-hydrogen) atoms. The molecule has 1 aromatic carbocycles. The number of rotatable bonds is 4. The number of aryl methyl sites for hydroxylation is 2. The Balaban J connectivity index is 1.78. The van der Waals surface area contributed by atoms with Gasteiger partial charge in [-0.05, 0) is 57.5 Å². The van der Waals surface area contributed by atoms with Crippen LogP contribution < -0.4 is 5.32 Å². The molecule has 0 amide bonds. The number of phenols is 1. The van der Waals surface area contributed by atoms with Gasteiger partial charge in [0.2, 0.25) is 0 Å². The lowest BCUT2D eigenvalue weighted by Gasteiger charge is -2.19. The molecule has 0 saturated carbocycles. The first-order valence-corrected chi connectivity index (χ1v) is 6.97. The highest BCUT2D eigenvalue weighted by Crippen LogP contribution is 2.19. The Labute approximate surface area is 110 Å². The van der Waals surface area contributed by atoms with Gasteiger partial charge in [0.05, 0.1) is 0 Å². The molecular formula is C15H24N2O. The van der Waals surface area contributed by atoms with E-state index in [1.54, 1.807) is 6.07 Å². The Kier molecular flexibility index (Phi) is 5.02. The van der Waals surface area contributed by atoms with Crippen LogP contribution in [0.25, 0.3) is 0 Å². The van der Waals surface area contributed by atoms with E-state index in [0.717, 1.165) is 44.6 Å². The van der Waals surface area contributed by atoms with Crippen molar-refractivity contribution in [2.24, 2.45) is 0 Å². The van der Waals surface area contributed by atoms with Gasteiger partial charge in [-0.15, -0.1) is 0 Å². The molecule has 100 valence electrons. The zero-order chi connectivity index (χ0) is 12.8. The molecule has 0 aliphatic carbocycles. The lowest BCUT2D eigenvalue weighted by molar-refractivity contribution is 0.288. The maximum atomic E-state index is 9.79. The van der Waals surface area contributed by atoms with Crippen LogP contribution in [0.3, 0.4) is 0 Å². The number of hydrogen-bond acceptors (Lipinski definition) is 3. The quantitative estimate of drug-likeness (QED) is 0.854. The van der Waals surface area contributed by atoms with Crippen molar-refractivity contribution >= 4 is 0 Å². The number of benzene rings is 1. The van der Waals surface area contributed by atoms with Gasteiger partial charge in [-0.25, -0.2) is 0 Å². The first-order valence-electron chi connectivity index (χ1n) is 6.97. The van der Waals surface area contributed by atoms with Crippen LogP contribution in [0.15, 0.2) is 18.2 Å². The minimum atomic E-state index is 0.443. The highest BCUT2D eigenvalue weighted by Gasteiger charge is 2.08. The van der Waals surface area contributed by atoms with Gasteiger partial charge in [0, 0.05) is 13.1 Å². The summed E-state index contributed by atoms with van der Waals surface area (Å²) in [5.41, 5.74) is 2.31. The van der Waals surface area contributed by atoms with Gasteiger partial charge in [0.1, 0.15) is 5.75 Å². The van der Waals surface area contributed by atoms with E-state index in [9.17, 15) is 5.11 Å². The van der Waals surface area contributed by atoms with E-state index in [2.05, 4.69) is 23.2 Å². The fourth-order valence-corrected chi connectivity index (χ4v) is 2.53. The van der Waals surface area contributed by atoms with Crippen molar-refractivity contribution in [3.63, 3.8) is 0 Å². The summed E-state index contributed by atoms with van der Waals surface area (Å²) in [5, 5.41) is 13.2. The number of nitrogens with zero attached hydrogens (tertiary/aromatic N) is 1. The van der Waals surface area contributed by atoms with Gasteiger partial charge in [-0.3, -0.25) is 0 Å². The first kappa shape index (κ1) is 13.4. The van der Waals surface area contributed by atoms with Crippen LogP contribution in [-0.2, 0) is 6.42 Å².